The number of fused-ring (bicyclic) bond motifs is 1. The fourth-order valence-corrected chi connectivity index (χ4v) is 4.53. The maximum Gasteiger partial charge on any atom is 0.328 e. The molecule has 154 valence electrons. The number of hydrogen-bond donors (Lipinski definition) is 1. The number of hydrogen-bond acceptors (Lipinski definition) is 6. The fraction of sp³-hybridized carbons (Fsp3) is 0.750. The molecule has 0 bridgehead atoms. The number of aliphatic imine (C=N–C) groups is 1. The highest BCUT2D eigenvalue weighted by Crippen LogP contribution is 2.41. The molecule has 28 heavy (non-hydrogen) atoms. The van der Waals surface area contributed by atoms with Gasteiger partial charge in [-0.3, -0.25) is 9.69 Å². The van der Waals surface area contributed by atoms with Gasteiger partial charge in [-0.05, 0) is 46.5 Å². The van der Waals surface area contributed by atoms with E-state index in [0.717, 1.165) is 44.7 Å². The lowest BCUT2D eigenvalue weighted by Gasteiger charge is -2.47. The Labute approximate surface area is 167 Å². The van der Waals surface area contributed by atoms with Crippen LogP contribution in [0.2, 0.25) is 0 Å². The van der Waals surface area contributed by atoms with Crippen LogP contribution in [0, 0.1) is 0 Å². The summed E-state index contributed by atoms with van der Waals surface area (Å²) in [6, 6.07) is -0.576. The molecule has 0 aromatic heterocycles. The van der Waals surface area contributed by atoms with Crippen molar-refractivity contribution in [3.05, 3.63) is 11.6 Å². The number of carbonyl (C=O) groups excluding carboxylic acids is 2. The quantitative estimate of drug-likeness (QED) is 0.734. The number of nitrogens with zero attached hydrogens (tertiary/aromatic N) is 5. The number of nitrogens with two attached hydrogens (primary N) is 1. The standard InChI is InChI=1S/C20H32N6O2/c1-13(2)9-11-25-16-17(27)26(15-7-8-15)19(28)23(4)20(16,3)22-18(25)24-10-5-6-14(21)12-24/h9,14-16H,5-8,10-12,21H2,1-4H3. The zero-order valence-corrected chi connectivity index (χ0v) is 17.4. The Morgan fingerprint density at radius 2 is 2.00 bits per heavy atom. The molecule has 3 unspecified atom stereocenters. The number of guanidine groups is 1. The first kappa shape index (κ1) is 19.2. The summed E-state index contributed by atoms with van der Waals surface area (Å²) in [6.45, 7) is 8.21. The van der Waals surface area contributed by atoms with E-state index in [1.165, 1.54) is 10.5 Å². The van der Waals surface area contributed by atoms with Gasteiger partial charge in [0.15, 0.2) is 17.7 Å². The first-order valence-corrected chi connectivity index (χ1v) is 10.3. The monoisotopic (exact) mass is 388 g/mol. The number of urea groups is 1. The molecule has 0 spiro atoms. The van der Waals surface area contributed by atoms with Crippen molar-refractivity contribution in [1.29, 1.82) is 0 Å². The van der Waals surface area contributed by atoms with E-state index in [9.17, 15) is 9.59 Å². The first-order chi connectivity index (χ1) is 13.2. The lowest BCUT2D eigenvalue weighted by molar-refractivity contribution is -0.141. The predicted molar refractivity (Wildman–Crippen MR) is 108 cm³/mol. The molecule has 0 aromatic carbocycles. The Morgan fingerprint density at radius 1 is 1.29 bits per heavy atom. The van der Waals surface area contributed by atoms with Crippen LogP contribution in [0.4, 0.5) is 4.79 Å². The van der Waals surface area contributed by atoms with E-state index in [1.54, 1.807) is 11.9 Å². The smallest absolute Gasteiger partial charge is 0.328 e. The highest BCUT2D eigenvalue weighted by molar-refractivity contribution is 6.05. The highest BCUT2D eigenvalue weighted by atomic mass is 16.2. The number of allylic oxidation sites excluding steroid dienone is 1. The third-order valence-electron chi connectivity index (χ3n) is 6.41. The SMILES string of the molecule is CC(C)=CCN1C(N2CCCC(N)C2)=NC2(C)C1C(=O)N(C1CC1)C(=O)N2C. The third-order valence-corrected chi connectivity index (χ3v) is 6.41. The largest absolute Gasteiger partial charge is 0.341 e. The van der Waals surface area contributed by atoms with E-state index in [0.29, 0.717) is 6.54 Å². The van der Waals surface area contributed by atoms with Crippen LogP contribution in [0.5, 0.6) is 0 Å². The van der Waals surface area contributed by atoms with Crippen LogP contribution in [0.1, 0.15) is 46.5 Å². The zero-order valence-electron chi connectivity index (χ0n) is 17.4. The summed E-state index contributed by atoms with van der Waals surface area (Å²) in [7, 11) is 1.77. The lowest BCUT2D eigenvalue weighted by atomic mass is 9.96. The molecule has 3 heterocycles. The Balaban J connectivity index is 1.73. The number of likely N-dealkylation sites (tertiary alicyclic amines) is 1. The van der Waals surface area contributed by atoms with E-state index >= 15 is 0 Å². The van der Waals surface area contributed by atoms with Gasteiger partial charge in [0.2, 0.25) is 0 Å². The first-order valence-electron chi connectivity index (χ1n) is 10.3. The average Bonchev–Trinajstić information content (AvgIpc) is 3.41. The van der Waals surface area contributed by atoms with Crippen molar-refractivity contribution in [3.63, 3.8) is 0 Å². The van der Waals surface area contributed by atoms with E-state index in [1.807, 2.05) is 6.92 Å². The number of likely N-dealkylation sites (N-methyl/N-ethyl adjacent to an activating group) is 1. The molecule has 4 rings (SSSR count). The molecule has 3 atom stereocenters. The third kappa shape index (κ3) is 2.98. The maximum absolute atomic E-state index is 13.5. The second-order valence-electron chi connectivity index (χ2n) is 8.97. The van der Waals surface area contributed by atoms with Gasteiger partial charge in [0.1, 0.15) is 0 Å². The van der Waals surface area contributed by atoms with E-state index in [4.69, 9.17) is 10.7 Å². The molecule has 4 aliphatic rings. The van der Waals surface area contributed by atoms with Crippen LogP contribution >= 0.6 is 0 Å². The second kappa shape index (κ2) is 6.76. The number of rotatable bonds is 3. The molecular formula is C20H32N6O2. The molecule has 3 aliphatic heterocycles. The summed E-state index contributed by atoms with van der Waals surface area (Å²) in [5.74, 6) is 0.682. The molecule has 8 heteroatoms. The van der Waals surface area contributed by atoms with Crippen molar-refractivity contribution in [1.82, 2.24) is 19.6 Å². The summed E-state index contributed by atoms with van der Waals surface area (Å²) >= 11 is 0. The summed E-state index contributed by atoms with van der Waals surface area (Å²) in [5, 5.41) is 0. The van der Waals surface area contributed by atoms with Crippen molar-refractivity contribution < 1.29 is 9.59 Å². The van der Waals surface area contributed by atoms with Gasteiger partial charge < -0.3 is 20.4 Å². The summed E-state index contributed by atoms with van der Waals surface area (Å²) in [4.78, 5) is 38.9. The summed E-state index contributed by atoms with van der Waals surface area (Å²) in [5.41, 5.74) is 6.51. The maximum atomic E-state index is 13.5. The van der Waals surface area contributed by atoms with Crippen molar-refractivity contribution in [2.45, 2.75) is 70.2 Å². The molecule has 1 saturated carbocycles. The van der Waals surface area contributed by atoms with Crippen molar-refractivity contribution >= 4 is 17.9 Å². The van der Waals surface area contributed by atoms with E-state index in [-0.39, 0.29) is 24.0 Å². The van der Waals surface area contributed by atoms with Gasteiger partial charge >= 0.3 is 6.03 Å². The van der Waals surface area contributed by atoms with E-state index in [2.05, 4.69) is 29.7 Å². The van der Waals surface area contributed by atoms with Crippen LogP contribution in [0.3, 0.4) is 0 Å². The molecule has 0 aromatic rings. The number of amides is 3. The Bertz CT molecular complexity index is 741. The summed E-state index contributed by atoms with van der Waals surface area (Å²) < 4.78 is 0. The minimum atomic E-state index is -0.897. The fourth-order valence-electron chi connectivity index (χ4n) is 4.53. The van der Waals surface area contributed by atoms with Gasteiger partial charge in [0.05, 0.1) is 0 Å². The normalized spacial score (nSPS) is 33.2. The Hall–Kier alpha value is -2.09. The molecule has 0 radical (unpaired) electrons. The molecule has 2 saturated heterocycles. The van der Waals surface area contributed by atoms with Crippen LogP contribution in [0.15, 0.2) is 16.6 Å². The molecule has 8 nitrogen and oxygen atoms in total. The molecular weight excluding hydrogens is 356 g/mol. The number of imide groups is 1. The second-order valence-corrected chi connectivity index (χ2v) is 8.97. The molecule has 2 N–H and O–H groups in total. The molecule has 1 aliphatic carbocycles. The van der Waals surface area contributed by atoms with Gasteiger partial charge in [-0.15, -0.1) is 0 Å². The predicted octanol–water partition coefficient (Wildman–Crippen LogP) is 1.19. The van der Waals surface area contributed by atoms with Crippen molar-refractivity contribution in [2.75, 3.05) is 26.7 Å². The van der Waals surface area contributed by atoms with Gasteiger partial charge in [0.25, 0.3) is 5.91 Å². The van der Waals surface area contributed by atoms with Gasteiger partial charge in [-0.2, -0.15) is 0 Å². The van der Waals surface area contributed by atoms with Crippen molar-refractivity contribution in [2.24, 2.45) is 10.7 Å². The van der Waals surface area contributed by atoms with Gasteiger partial charge in [0, 0.05) is 38.8 Å². The number of piperidine rings is 1. The van der Waals surface area contributed by atoms with Crippen LogP contribution in [-0.4, -0.2) is 88.0 Å². The van der Waals surface area contributed by atoms with E-state index < -0.39 is 11.7 Å². The van der Waals surface area contributed by atoms with Gasteiger partial charge in [-0.25, -0.2) is 9.79 Å². The zero-order chi connectivity index (χ0) is 20.2. The Kier molecular flexibility index (Phi) is 4.64. The van der Waals surface area contributed by atoms with Crippen LogP contribution in [-0.2, 0) is 4.79 Å². The number of carbonyl (C=O) groups is 2. The molecule has 3 amide bonds. The van der Waals surface area contributed by atoms with Crippen LogP contribution < -0.4 is 5.73 Å². The van der Waals surface area contributed by atoms with Crippen molar-refractivity contribution in [3.8, 4) is 0 Å². The summed E-state index contributed by atoms with van der Waals surface area (Å²) in [6.07, 6.45) is 5.94. The highest BCUT2D eigenvalue weighted by Gasteiger charge is 2.62. The van der Waals surface area contributed by atoms with Crippen LogP contribution in [0.25, 0.3) is 0 Å². The topological polar surface area (TPSA) is 85.5 Å². The minimum Gasteiger partial charge on any atom is -0.341 e. The lowest BCUT2D eigenvalue weighted by Crippen LogP contribution is -2.71. The van der Waals surface area contributed by atoms with Gasteiger partial charge in [-0.1, -0.05) is 11.6 Å². The minimum absolute atomic E-state index is 0.0461. The Morgan fingerprint density at radius 3 is 2.61 bits per heavy atom. The average molecular weight is 389 g/mol. The molecule has 3 fully saturated rings.